The van der Waals surface area contributed by atoms with E-state index in [4.69, 9.17) is 15.2 Å². The summed E-state index contributed by atoms with van der Waals surface area (Å²) in [5.41, 5.74) is 8.44. The third-order valence-corrected chi connectivity index (χ3v) is 4.49. The van der Waals surface area contributed by atoms with Gasteiger partial charge in [0.05, 0.1) is 13.2 Å². The predicted molar refractivity (Wildman–Crippen MR) is 114 cm³/mol. The monoisotopic (exact) mass is 461 g/mol. The number of aliphatic imine (C=N–C) groups is 1. The normalized spacial score (nSPS) is 15.8. The van der Waals surface area contributed by atoms with Crippen LogP contribution in [-0.2, 0) is 11.3 Å². The number of nitrogens with two attached hydrogens (primary N) is 1. The summed E-state index contributed by atoms with van der Waals surface area (Å²) in [6, 6.07) is 6.23. The minimum atomic E-state index is 0. The number of hydrogen-bond acceptors (Lipinski definition) is 3. The Morgan fingerprint density at radius 2 is 2.00 bits per heavy atom. The molecule has 0 radical (unpaired) electrons. The van der Waals surface area contributed by atoms with Gasteiger partial charge in [-0.3, -0.25) is 0 Å². The van der Waals surface area contributed by atoms with E-state index in [1.54, 1.807) is 7.11 Å². The molecule has 0 unspecified atom stereocenters. The van der Waals surface area contributed by atoms with Gasteiger partial charge in [0.2, 0.25) is 0 Å². The van der Waals surface area contributed by atoms with Gasteiger partial charge in [-0.05, 0) is 37.3 Å². The van der Waals surface area contributed by atoms with Gasteiger partial charge in [-0.25, -0.2) is 4.99 Å². The van der Waals surface area contributed by atoms with Gasteiger partial charge in [-0.1, -0.05) is 19.1 Å². The second-order valence-corrected chi connectivity index (χ2v) is 6.65. The Labute approximate surface area is 169 Å². The Morgan fingerprint density at radius 1 is 1.28 bits per heavy atom. The van der Waals surface area contributed by atoms with E-state index in [2.05, 4.69) is 41.9 Å². The lowest BCUT2D eigenvalue weighted by Gasteiger charge is -2.31. The molecule has 5 nitrogen and oxygen atoms in total. The zero-order valence-electron chi connectivity index (χ0n) is 15.7. The van der Waals surface area contributed by atoms with Gasteiger partial charge in [0, 0.05) is 38.8 Å². The molecule has 2 rings (SSSR count). The summed E-state index contributed by atoms with van der Waals surface area (Å²) in [6.45, 7) is 8.28. The van der Waals surface area contributed by atoms with Gasteiger partial charge in [0.25, 0.3) is 0 Å². The fraction of sp³-hybridized carbons (Fsp3) is 0.632. The second kappa shape index (κ2) is 11.6. The SMILES string of the molecule is COCCCOc1cc(C)ccc1CN=C(N)N1CCC(C)CC1.I. The van der Waals surface area contributed by atoms with E-state index in [1.807, 2.05) is 0 Å². The largest absolute Gasteiger partial charge is 0.493 e. The zero-order valence-corrected chi connectivity index (χ0v) is 18.0. The molecule has 1 aromatic rings. The summed E-state index contributed by atoms with van der Waals surface area (Å²) < 4.78 is 11.0. The minimum absolute atomic E-state index is 0. The van der Waals surface area contributed by atoms with E-state index in [0.717, 1.165) is 36.7 Å². The molecule has 142 valence electrons. The average molecular weight is 461 g/mol. The number of benzene rings is 1. The van der Waals surface area contributed by atoms with Crippen molar-refractivity contribution in [2.75, 3.05) is 33.4 Å². The molecule has 1 aliphatic rings. The van der Waals surface area contributed by atoms with Crippen LogP contribution in [0.15, 0.2) is 23.2 Å². The van der Waals surface area contributed by atoms with Crippen LogP contribution in [0.2, 0.25) is 0 Å². The lowest BCUT2D eigenvalue weighted by atomic mass is 10.00. The molecule has 1 heterocycles. The van der Waals surface area contributed by atoms with Crippen LogP contribution in [0.3, 0.4) is 0 Å². The van der Waals surface area contributed by atoms with E-state index in [0.29, 0.717) is 25.7 Å². The molecule has 6 heteroatoms. The number of guanidine groups is 1. The third kappa shape index (κ3) is 7.40. The average Bonchev–Trinajstić information content (AvgIpc) is 2.58. The van der Waals surface area contributed by atoms with E-state index in [-0.39, 0.29) is 24.0 Å². The molecule has 1 saturated heterocycles. The van der Waals surface area contributed by atoms with Crippen LogP contribution in [0, 0.1) is 12.8 Å². The van der Waals surface area contributed by atoms with Gasteiger partial charge in [-0.15, -0.1) is 24.0 Å². The standard InChI is InChI=1S/C19H31N3O2.HI/c1-15-7-9-22(10-8-15)19(20)21-14-17-6-5-16(2)13-18(17)24-12-4-11-23-3;/h5-6,13,15H,4,7-12,14H2,1-3H3,(H2,20,21);1H. The molecule has 0 aliphatic carbocycles. The van der Waals surface area contributed by atoms with Crippen LogP contribution in [0.25, 0.3) is 0 Å². The lowest BCUT2D eigenvalue weighted by molar-refractivity contribution is 0.172. The van der Waals surface area contributed by atoms with Crippen molar-refractivity contribution in [3.63, 3.8) is 0 Å². The smallest absolute Gasteiger partial charge is 0.191 e. The van der Waals surface area contributed by atoms with Crippen LogP contribution in [0.4, 0.5) is 0 Å². The first-order valence-electron chi connectivity index (χ1n) is 8.86. The number of halogens is 1. The summed E-state index contributed by atoms with van der Waals surface area (Å²) in [4.78, 5) is 6.78. The molecule has 0 bridgehead atoms. The Balaban J connectivity index is 0.00000312. The second-order valence-electron chi connectivity index (χ2n) is 6.65. The van der Waals surface area contributed by atoms with E-state index in [9.17, 15) is 0 Å². The first-order chi connectivity index (χ1) is 11.6. The van der Waals surface area contributed by atoms with Gasteiger partial charge >= 0.3 is 0 Å². The summed E-state index contributed by atoms with van der Waals surface area (Å²) in [5.74, 6) is 2.33. The van der Waals surface area contributed by atoms with Crippen molar-refractivity contribution < 1.29 is 9.47 Å². The Bertz CT molecular complexity index is 543. The topological polar surface area (TPSA) is 60.1 Å². The molecule has 1 aliphatic heterocycles. The maximum Gasteiger partial charge on any atom is 0.191 e. The number of nitrogens with zero attached hydrogens (tertiary/aromatic N) is 2. The van der Waals surface area contributed by atoms with Crippen molar-refractivity contribution in [3.05, 3.63) is 29.3 Å². The van der Waals surface area contributed by atoms with Crippen molar-refractivity contribution in [1.29, 1.82) is 0 Å². The van der Waals surface area contributed by atoms with Crippen LogP contribution < -0.4 is 10.5 Å². The summed E-state index contributed by atoms with van der Waals surface area (Å²) >= 11 is 0. The number of aryl methyl sites for hydroxylation is 1. The van der Waals surface area contributed by atoms with Crippen molar-refractivity contribution in [3.8, 4) is 5.75 Å². The highest BCUT2D eigenvalue weighted by Gasteiger charge is 2.17. The molecule has 1 fully saturated rings. The maximum absolute atomic E-state index is 6.18. The zero-order chi connectivity index (χ0) is 17.4. The van der Waals surface area contributed by atoms with Gasteiger partial charge in [-0.2, -0.15) is 0 Å². The van der Waals surface area contributed by atoms with Gasteiger partial charge < -0.3 is 20.1 Å². The summed E-state index contributed by atoms with van der Waals surface area (Å²) in [5, 5.41) is 0. The minimum Gasteiger partial charge on any atom is -0.493 e. The highest BCUT2D eigenvalue weighted by atomic mass is 127. The Morgan fingerprint density at radius 3 is 2.68 bits per heavy atom. The molecule has 0 saturated carbocycles. The highest BCUT2D eigenvalue weighted by Crippen LogP contribution is 2.22. The molecule has 1 aromatic carbocycles. The van der Waals surface area contributed by atoms with Crippen molar-refractivity contribution >= 4 is 29.9 Å². The molecular formula is C19H32IN3O2. The number of likely N-dealkylation sites (tertiary alicyclic amines) is 1. The number of rotatable bonds is 7. The van der Waals surface area contributed by atoms with Gasteiger partial charge in [0.1, 0.15) is 5.75 Å². The molecule has 0 aromatic heterocycles. The molecule has 25 heavy (non-hydrogen) atoms. The summed E-state index contributed by atoms with van der Waals surface area (Å²) in [7, 11) is 1.71. The summed E-state index contributed by atoms with van der Waals surface area (Å²) in [6.07, 6.45) is 3.25. The predicted octanol–water partition coefficient (Wildman–Crippen LogP) is 3.57. The molecule has 0 spiro atoms. The van der Waals surface area contributed by atoms with E-state index < -0.39 is 0 Å². The van der Waals surface area contributed by atoms with Crippen molar-refractivity contribution in [1.82, 2.24) is 4.90 Å². The van der Waals surface area contributed by atoms with E-state index >= 15 is 0 Å². The highest BCUT2D eigenvalue weighted by molar-refractivity contribution is 14.0. The number of ether oxygens (including phenoxy) is 2. The quantitative estimate of drug-likeness (QED) is 0.292. The third-order valence-electron chi connectivity index (χ3n) is 4.49. The fourth-order valence-corrected chi connectivity index (χ4v) is 2.82. The van der Waals surface area contributed by atoms with Crippen molar-refractivity contribution in [2.24, 2.45) is 16.6 Å². The van der Waals surface area contributed by atoms with Crippen molar-refractivity contribution in [2.45, 2.75) is 39.7 Å². The molecule has 2 N–H and O–H groups in total. The number of hydrogen-bond donors (Lipinski definition) is 1. The fourth-order valence-electron chi connectivity index (χ4n) is 2.82. The lowest BCUT2D eigenvalue weighted by Crippen LogP contribution is -2.42. The molecule has 0 atom stereocenters. The number of piperidine rings is 1. The Kier molecular flexibility index (Phi) is 10.2. The van der Waals surface area contributed by atoms with Crippen LogP contribution in [0.1, 0.15) is 37.3 Å². The molecular weight excluding hydrogens is 429 g/mol. The maximum atomic E-state index is 6.18. The van der Waals surface area contributed by atoms with Crippen LogP contribution in [-0.4, -0.2) is 44.3 Å². The van der Waals surface area contributed by atoms with Crippen LogP contribution >= 0.6 is 24.0 Å². The van der Waals surface area contributed by atoms with Gasteiger partial charge in [0.15, 0.2) is 5.96 Å². The Hall–Kier alpha value is -1.02. The molecule has 0 amide bonds. The van der Waals surface area contributed by atoms with Crippen LogP contribution in [0.5, 0.6) is 5.75 Å². The first-order valence-corrected chi connectivity index (χ1v) is 8.86. The van der Waals surface area contributed by atoms with E-state index in [1.165, 1.54) is 18.4 Å². The first kappa shape index (κ1) is 22.0. The number of methoxy groups -OCH3 is 1.